The second-order valence-corrected chi connectivity index (χ2v) is 5.67. The molecule has 108 valence electrons. The topological polar surface area (TPSA) is 54.0 Å². The van der Waals surface area contributed by atoms with E-state index >= 15 is 0 Å². The van der Waals surface area contributed by atoms with E-state index in [9.17, 15) is 4.79 Å². The summed E-state index contributed by atoms with van der Waals surface area (Å²) in [6.45, 7) is 4.63. The van der Waals surface area contributed by atoms with Gasteiger partial charge in [0.15, 0.2) is 0 Å². The third-order valence-corrected chi connectivity index (χ3v) is 4.17. The Balaban J connectivity index is 0.00000180. The number of halogens is 1. The summed E-state index contributed by atoms with van der Waals surface area (Å²) in [5.41, 5.74) is 0.991. The predicted molar refractivity (Wildman–Crippen MR) is 80.8 cm³/mol. The number of carbonyl (C=O) groups excluding carboxylic acids is 1. The van der Waals surface area contributed by atoms with Crippen LogP contribution in [0.1, 0.15) is 36.9 Å². The van der Waals surface area contributed by atoms with Gasteiger partial charge in [-0.05, 0) is 38.8 Å². The molecule has 0 aromatic carbocycles. The van der Waals surface area contributed by atoms with Gasteiger partial charge in [-0.25, -0.2) is 4.98 Å². The van der Waals surface area contributed by atoms with Crippen molar-refractivity contribution in [2.24, 2.45) is 5.92 Å². The van der Waals surface area contributed by atoms with Gasteiger partial charge in [-0.1, -0.05) is 6.92 Å². The van der Waals surface area contributed by atoms with Crippen LogP contribution in [0.3, 0.4) is 0 Å². The number of piperidine rings is 1. The van der Waals surface area contributed by atoms with Gasteiger partial charge in [-0.3, -0.25) is 4.79 Å². The Labute approximate surface area is 124 Å². The lowest BCUT2D eigenvalue weighted by atomic mass is 9.97. The highest BCUT2D eigenvalue weighted by molar-refractivity contribution is 7.09. The molecule has 1 amide bonds. The first-order valence-electron chi connectivity index (χ1n) is 6.71. The second kappa shape index (κ2) is 8.51. The number of thiazole rings is 1. The van der Waals surface area contributed by atoms with Gasteiger partial charge in [0.05, 0.1) is 17.2 Å². The quantitative estimate of drug-likeness (QED) is 0.876. The first-order valence-corrected chi connectivity index (χ1v) is 7.59. The number of aryl methyl sites for hydroxylation is 1. The SMILES string of the molecule is CCCc1nc(CNC(=O)C2CCNCC2)cs1.Cl. The average Bonchev–Trinajstić information content (AvgIpc) is 2.85. The molecule has 1 aromatic heterocycles. The maximum absolute atomic E-state index is 11.9. The van der Waals surface area contributed by atoms with E-state index in [1.807, 2.05) is 5.38 Å². The van der Waals surface area contributed by atoms with Crippen molar-refractivity contribution in [1.82, 2.24) is 15.6 Å². The number of aromatic nitrogens is 1. The minimum absolute atomic E-state index is 0. The second-order valence-electron chi connectivity index (χ2n) is 4.72. The fourth-order valence-electron chi connectivity index (χ4n) is 2.16. The summed E-state index contributed by atoms with van der Waals surface area (Å²) in [7, 11) is 0. The largest absolute Gasteiger partial charge is 0.350 e. The molecule has 1 aromatic rings. The Kier molecular flexibility index (Phi) is 7.34. The first-order chi connectivity index (χ1) is 8.79. The maximum atomic E-state index is 11.9. The van der Waals surface area contributed by atoms with Gasteiger partial charge in [0.1, 0.15) is 0 Å². The highest BCUT2D eigenvalue weighted by Crippen LogP contribution is 2.13. The Bertz CT molecular complexity index is 391. The molecule has 0 spiro atoms. The summed E-state index contributed by atoms with van der Waals surface area (Å²) in [5, 5.41) is 9.49. The zero-order valence-electron chi connectivity index (χ0n) is 11.3. The normalized spacial score (nSPS) is 15.8. The maximum Gasteiger partial charge on any atom is 0.223 e. The zero-order chi connectivity index (χ0) is 12.8. The van der Waals surface area contributed by atoms with Gasteiger partial charge < -0.3 is 10.6 Å². The molecule has 1 aliphatic heterocycles. The van der Waals surface area contributed by atoms with Crippen molar-refractivity contribution < 1.29 is 4.79 Å². The van der Waals surface area contributed by atoms with Crippen LogP contribution in [0.25, 0.3) is 0 Å². The zero-order valence-corrected chi connectivity index (χ0v) is 12.9. The summed E-state index contributed by atoms with van der Waals surface area (Å²) in [5.74, 6) is 0.363. The number of rotatable bonds is 5. The number of nitrogens with one attached hydrogen (secondary N) is 2. The van der Waals surface area contributed by atoms with Crippen molar-refractivity contribution >= 4 is 29.7 Å². The molecule has 0 unspecified atom stereocenters. The van der Waals surface area contributed by atoms with Gasteiger partial charge in [-0.15, -0.1) is 23.7 Å². The van der Waals surface area contributed by atoms with Crippen LogP contribution in [-0.4, -0.2) is 24.0 Å². The van der Waals surface area contributed by atoms with Gasteiger partial charge in [-0.2, -0.15) is 0 Å². The van der Waals surface area contributed by atoms with Crippen LogP contribution in [0.5, 0.6) is 0 Å². The van der Waals surface area contributed by atoms with E-state index in [1.165, 1.54) is 5.01 Å². The highest BCUT2D eigenvalue weighted by Gasteiger charge is 2.20. The van der Waals surface area contributed by atoms with Crippen molar-refractivity contribution in [3.63, 3.8) is 0 Å². The van der Waals surface area contributed by atoms with E-state index in [4.69, 9.17) is 0 Å². The third-order valence-electron chi connectivity index (χ3n) is 3.22. The van der Waals surface area contributed by atoms with Crippen molar-refractivity contribution in [3.8, 4) is 0 Å². The molecule has 2 heterocycles. The third kappa shape index (κ3) is 5.09. The summed E-state index contributed by atoms with van der Waals surface area (Å²) in [6, 6.07) is 0. The van der Waals surface area contributed by atoms with Crippen molar-refractivity contribution in [1.29, 1.82) is 0 Å². The monoisotopic (exact) mass is 303 g/mol. The van der Waals surface area contributed by atoms with E-state index in [-0.39, 0.29) is 24.2 Å². The van der Waals surface area contributed by atoms with E-state index < -0.39 is 0 Å². The van der Waals surface area contributed by atoms with E-state index in [0.717, 1.165) is 44.5 Å². The van der Waals surface area contributed by atoms with Crippen LogP contribution < -0.4 is 10.6 Å². The van der Waals surface area contributed by atoms with Crippen molar-refractivity contribution in [2.45, 2.75) is 39.2 Å². The molecule has 0 bridgehead atoms. The Hall–Kier alpha value is -0.650. The van der Waals surface area contributed by atoms with Crippen LogP contribution in [0, 0.1) is 5.92 Å². The smallest absolute Gasteiger partial charge is 0.223 e. The number of hydrogen-bond acceptors (Lipinski definition) is 4. The molecule has 0 radical (unpaired) electrons. The van der Waals surface area contributed by atoms with Crippen molar-refractivity contribution in [3.05, 3.63) is 16.1 Å². The molecule has 1 aliphatic rings. The van der Waals surface area contributed by atoms with Gasteiger partial charge in [0.25, 0.3) is 0 Å². The lowest BCUT2D eigenvalue weighted by Gasteiger charge is -2.21. The van der Waals surface area contributed by atoms with E-state index in [0.29, 0.717) is 6.54 Å². The molecule has 19 heavy (non-hydrogen) atoms. The molecular weight excluding hydrogens is 282 g/mol. The fraction of sp³-hybridized carbons (Fsp3) is 0.692. The predicted octanol–water partition coefficient (Wildman–Crippen LogP) is 2.13. The highest BCUT2D eigenvalue weighted by atomic mass is 35.5. The minimum atomic E-state index is 0. The molecule has 1 saturated heterocycles. The molecule has 4 nitrogen and oxygen atoms in total. The molecule has 2 rings (SSSR count). The summed E-state index contributed by atoms with van der Waals surface area (Å²) in [4.78, 5) is 16.4. The van der Waals surface area contributed by atoms with Crippen molar-refractivity contribution in [2.75, 3.05) is 13.1 Å². The van der Waals surface area contributed by atoms with E-state index in [1.54, 1.807) is 11.3 Å². The molecule has 1 fully saturated rings. The van der Waals surface area contributed by atoms with E-state index in [2.05, 4.69) is 22.5 Å². The van der Waals surface area contributed by atoms with Crippen LogP contribution in [-0.2, 0) is 17.8 Å². The minimum Gasteiger partial charge on any atom is -0.350 e. The molecule has 0 aliphatic carbocycles. The Morgan fingerprint density at radius 3 is 2.95 bits per heavy atom. The van der Waals surface area contributed by atoms with Crippen LogP contribution in [0.15, 0.2) is 5.38 Å². The Morgan fingerprint density at radius 2 is 2.26 bits per heavy atom. The summed E-state index contributed by atoms with van der Waals surface area (Å²) >= 11 is 1.69. The number of amides is 1. The number of hydrogen-bond donors (Lipinski definition) is 2. The lowest BCUT2D eigenvalue weighted by molar-refractivity contribution is -0.125. The van der Waals surface area contributed by atoms with Gasteiger partial charge in [0.2, 0.25) is 5.91 Å². The number of nitrogens with zero attached hydrogens (tertiary/aromatic N) is 1. The lowest BCUT2D eigenvalue weighted by Crippen LogP contribution is -2.37. The van der Waals surface area contributed by atoms with Gasteiger partial charge in [0, 0.05) is 11.3 Å². The fourth-order valence-corrected chi connectivity index (χ4v) is 3.06. The van der Waals surface area contributed by atoms with Gasteiger partial charge >= 0.3 is 0 Å². The standard InChI is InChI=1S/C13H21N3OS.ClH/c1-2-3-12-16-11(9-18-12)8-15-13(17)10-4-6-14-7-5-10;/h9-10,14H,2-8H2,1H3,(H,15,17);1H. The number of carbonyl (C=O) groups is 1. The van der Waals surface area contributed by atoms with Crippen LogP contribution >= 0.6 is 23.7 Å². The summed E-state index contributed by atoms with van der Waals surface area (Å²) < 4.78 is 0. The summed E-state index contributed by atoms with van der Waals surface area (Å²) in [6.07, 6.45) is 4.05. The molecule has 0 atom stereocenters. The average molecular weight is 304 g/mol. The molecule has 6 heteroatoms. The molecular formula is C13H22ClN3OS. The first kappa shape index (κ1) is 16.4. The van der Waals surface area contributed by atoms with Crippen LogP contribution in [0.4, 0.5) is 0 Å². The molecule has 2 N–H and O–H groups in total. The van der Waals surface area contributed by atoms with Crippen LogP contribution in [0.2, 0.25) is 0 Å². The Morgan fingerprint density at radius 1 is 1.53 bits per heavy atom. The molecule has 0 saturated carbocycles.